The van der Waals surface area contributed by atoms with E-state index in [1.54, 1.807) is 12.1 Å². The highest BCUT2D eigenvalue weighted by molar-refractivity contribution is 5.42. The molecule has 1 aliphatic rings. The largest absolute Gasteiger partial charge is 0.399 e. The van der Waals surface area contributed by atoms with Gasteiger partial charge in [-0.3, -0.25) is 0 Å². The van der Waals surface area contributed by atoms with Gasteiger partial charge >= 0.3 is 0 Å². The summed E-state index contributed by atoms with van der Waals surface area (Å²) in [6.07, 6.45) is 2.05. The average Bonchev–Trinajstić information content (AvgIpc) is 2.23. The summed E-state index contributed by atoms with van der Waals surface area (Å²) in [5.74, 6) is 0.225. The molecule has 3 heteroatoms. The molecule has 0 atom stereocenters. The van der Waals surface area contributed by atoms with Crippen molar-refractivity contribution in [3.8, 4) is 0 Å². The normalized spacial score (nSPS) is 19.3. The Labute approximate surface area is 89.9 Å². The molecule has 15 heavy (non-hydrogen) atoms. The molecule has 0 aromatic heterocycles. The molecule has 0 aliphatic carbocycles. The minimum atomic E-state index is -0.112. The number of anilines is 1. The predicted octanol–water partition coefficient (Wildman–Crippen LogP) is 2.22. The number of likely N-dealkylation sites (tertiary alicyclic amines) is 1. The van der Waals surface area contributed by atoms with Gasteiger partial charge in [0.1, 0.15) is 5.82 Å². The summed E-state index contributed by atoms with van der Waals surface area (Å²) < 4.78 is 13.6. The van der Waals surface area contributed by atoms with Gasteiger partial charge in [-0.15, -0.1) is 0 Å². The molecule has 1 aromatic rings. The molecule has 82 valence electrons. The highest BCUT2D eigenvalue weighted by Gasteiger charge is 2.20. The smallest absolute Gasteiger partial charge is 0.126 e. The van der Waals surface area contributed by atoms with Gasteiger partial charge in [0.2, 0.25) is 0 Å². The predicted molar refractivity (Wildman–Crippen MR) is 60.3 cm³/mol. The Morgan fingerprint density at radius 3 is 2.67 bits per heavy atom. The third kappa shape index (κ3) is 2.29. The van der Waals surface area contributed by atoms with Gasteiger partial charge in [0, 0.05) is 5.69 Å². The van der Waals surface area contributed by atoms with Crippen LogP contribution in [0.5, 0.6) is 0 Å². The Bertz CT molecular complexity index is 343. The Balaban J connectivity index is 2.18. The number of nitrogen functional groups attached to an aromatic ring is 1. The van der Waals surface area contributed by atoms with Gasteiger partial charge in [-0.05, 0) is 62.7 Å². The summed E-state index contributed by atoms with van der Waals surface area (Å²) in [6, 6.07) is 4.88. The van der Waals surface area contributed by atoms with Gasteiger partial charge in [0.15, 0.2) is 0 Å². The first-order valence-electron chi connectivity index (χ1n) is 5.40. The van der Waals surface area contributed by atoms with E-state index in [9.17, 15) is 4.39 Å². The van der Waals surface area contributed by atoms with Crippen LogP contribution in [0.1, 0.15) is 24.3 Å². The van der Waals surface area contributed by atoms with Crippen molar-refractivity contribution in [1.82, 2.24) is 4.90 Å². The lowest BCUT2D eigenvalue weighted by Gasteiger charge is -2.29. The van der Waals surface area contributed by atoms with E-state index in [1.165, 1.54) is 6.07 Å². The number of rotatable bonds is 1. The lowest BCUT2D eigenvalue weighted by molar-refractivity contribution is 0.253. The number of nitrogens with zero attached hydrogens (tertiary/aromatic N) is 1. The molecular formula is C12H17FN2. The van der Waals surface area contributed by atoms with Crippen molar-refractivity contribution in [3.63, 3.8) is 0 Å². The fourth-order valence-corrected chi connectivity index (χ4v) is 2.19. The fourth-order valence-electron chi connectivity index (χ4n) is 2.19. The summed E-state index contributed by atoms with van der Waals surface area (Å²) in [7, 11) is 2.10. The zero-order valence-corrected chi connectivity index (χ0v) is 9.04. The van der Waals surface area contributed by atoms with Gasteiger partial charge in [0.05, 0.1) is 0 Å². The molecule has 0 amide bonds. The van der Waals surface area contributed by atoms with Crippen molar-refractivity contribution >= 4 is 5.69 Å². The Morgan fingerprint density at radius 2 is 2.00 bits per heavy atom. The zero-order chi connectivity index (χ0) is 10.8. The van der Waals surface area contributed by atoms with Crippen LogP contribution >= 0.6 is 0 Å². The lowest BCUT2D eigenvalue weighted by atomic mass is 9.89. The highest BCUT2D eigenvalue weighted by atomic mass is 19.1. The monoisotopic (exact) mass is 208 g/mol. The van der Waals surface area contributed by atoms with Crippen LogP contribution in [-0.4, -0.2) is 25.0 Å². The molecule has 2 N–H and O–H groups in total. The van der Waals surface area contributed by atoms with Crippen LogP contribution in [0.25, 0.3) is 0 Å². The SMILES string of the molecule is CN1CCC(c2cc(N)ccc2F)CC1. The van der Waals surface area contributed by atoms with Crippen LogP contribution in [0.2, 0.25) is 0 Å². The van der Waals surface area contributed by atoms with E-state index in [4.69, 9.17) is 5.73 Å². The van der Waals surface area contributed by atoms with Crippen molar-refractivity contribution in [1.29, 1.82) is 0 Å². The molecular weight excluding hydrogens is 191 g/mol. The minimum absolute atomic E-state index is 0.112. The van der Waals surface area contributed by atoms with E-state index in [0.717, 1.165) is 31.5 Å². The maximum atomic E-state index is 13.6. The van der Waals surface area contributed by atoms with Crippen LogP contribution in [-0.2, 0) is 0 Å². The molecule has 1 aromatic carbocycles. The Morgan fingerprint density at radius 1 is 1.33 bits per heavy atom. The standard InChI is InChI=1S/C12H17FN2/c1-15-6-4-9(5-7-15)11-8-10(14)2-3-12(11)13/h2-3,8-9H,4-7,14H2,1H3. The first-order valence-corrected chi connectivity index (χ1v) is 5.40. The third-order valence-corrected chi connectivity index (χ3v) is 3.18. The van der Waals surface area contributed by atoms with Crippen LogP contribution in [0.3, 0.4) is 0 Å². The molecule has 0 saturated carbocycles. The minimum Gasteiger partial charge on any atom is -0.399 e. The first-order chi connectivity index (χ1) is 7.16. The number of hydrogen-bond donors (Lipinski definition) is 1. The second-order valence-corrected chi connectivity index (χ2v) is 4.36. The summed E-state index contributed by atoms with van der Waals surface area (Å²) in [5, 5.41) is 0. The summed E-state index contributed by atoms with van der Waals surface area (Å²) >= 11 is 0. The van der Waals surface area contributed by atoms with E-state index in [2.05, 4.69) is 11.9 Å². The summed E-state index contributed by atoms with van der Waals surface area (Å²) in [4.78, 5) is 2.28. The van der Waals surface area contributed by atoms with Crippen molar-refractivity contribution in [2.45, 2.75) is 18.8 Å². The van der Waals surface area contributed by atoms with Crippen LogP contribution in [0, 0.1) is 5.82 Å². The van der Waals surface area contributed by atoms with Gasteiger partial charge < -0.3 is 10.6 Å². The summed E-state index contributed by atoms with van der Waals surface area (Å²) in [6.45, 7) is 2.08. The number of benzene rings is 1. The summed E-state index contributed by atoms with van der Waals surface area (Å²) in [5.41, 5.74) is 7.14. The van der Waals surface area contributed by atoms with Gasteiger partial charge in [0.25, 0.3) is 0 Å². The molecule has 0 unspecified atom stereocenters. The van der Waals surface area contributed by atoms with E-state index >= 15 is 0 Å². The topological polar surface area (TPSA) is 29.3 Å². The van der Waals surface area contributed by atoms with E-state index in [1.807, 2.05) is 0 Å². The van der Waals surface area contributed by atoms with Crippen LogP contribution < -0.4 is 5.73 Å². The quantitative estimate of drug-likeness (QED) is 0.717. The third-order valence-electron chi connectivity index (χ3n) is 3.18. The number of nitrogens with two attached hydrogens (primary N) is 1. The number of hydrogen-bond acceptors (Lipinski definition) is 2. The second-order valence-electron chi connectivity index (χ2n) is 4.36. The van der Waals surface area contributed by atoms with E-state index in [0.29, 0.717) is 11.6 Å². The number of piperidine rings is 1. The zero-order valence-electron chi connectivity index (χ0n) is 9.04. The van der Waals surface area contributed by atoms with E-state index in [-0.39, 0.29) is 5.82 Å². The highest BCUT2D eigenvalue weighted by Crippen LogP contribution is 2.30. The lowest BCUT2D eigenvalue weighted by Crippen LogP contribution is -2.29. The Kier molecular flexibility index (Phi) is 2.91. The molecule has 0 spiro atoms. The fraction of sp³-hybridized carbons (Fsp3) is 0.500. The molecule has 2 rings (SSSR count). The van der Waals surface area contributed by atoms with Crippen LogP contribution in [0.15, 0.2) is 18.2 Å². The van der Waals surface area contributed by atoms with Crippen molar-refractivity contribution in [2.24, 2.45) is 0 Å². The Hall–Kier alpha value is -1.09. The van der Waals surface area contributed by atoms with Gasteiger partial charge in [-0.2, -0.15) is 0 Å². The second kappa shape index (κ2) is 4.19. The number of halogens is 1. The molecule has 1 heterocycles. The maximum absolute atomic E-state index is 13.6. The maximum Gasteiger partial charge on any atom is 0.126 e. The molecule has 2 nitrogen and oxygen atoms in total. The molecule has 0 bridgehead atoms. The van der Waals surface area contributed by atoms with Crippen LogP contribution in [0.4, 0.5) is 10.1 Å². The first kappa shape index (κ1) is 10.4. The molecule has 1 fully saturated rings. The van der Waals surface area contributed by atoms with Crippen molar-refractivity contribution in [2.75, 3.05) is 25.9 Å². The van der Waals surface area contributed by atoms with E-state index < -0.39 is 0 Å². The molecule has 0 radical (unpaired) electrons. The van der Waals surface area contributed by atoms with Gasteiger partial charge in [-0.25, -0.2) is 4.39 Å². The average molecular weight is 208 g/mol. The molecule has 1 saturated heterocycles. The van der Waals surface area contributed by atoms with Gasteiger partial charge in [-0.1, -0.05) is 0 Å². The van der Waals surface area contributed by atoms with Crippen molar-refractivity contribution in [3.05, 3.63) is 29.6 Å². The molecule has 1 aliphatic heterocycles. The van der Waals surface area contributed by atoms with Crippen molar-refractivity contribution < 1.29 is 4.39 Å².